The van der Waals surface area contributed by atoms with Gasteiger partial charge < -0.3 is 29.9 Å². The molecule has 0 spiro atoms. The maximum Gasteiger partial charge on any atom is 0.315 e. The van der Waals surface area contributed by atoms with Crippen LogP contribution in [-0.4, -0.2) is 71.5 Å². The molecule has 4 fully saturated rings. The van der Waals surface area contributed by atoms with Crippen LogP contribution in [0.15, 0.2) is 11.6 Å². The van der Waals surface area contributed by atoms with Crippen molar-refractivity contribution in [3.05, 3.63) is 11.6 Å². The van der Waals surface area contributed by atoms with Crippen molar-refractivity contribution in [2.75, 3.05) is 20.8 Å². The molecule has 0 unspecified atom stereocenters. The van der Waals surface area contributed by atoms with E-state index in [9.17, 15) is 30.0 Å². The molecule has 0 amide bonds. The first kappa shape index (κ1) is 30.0. The number of ether oxygens (including phenoxy) is 2. The van der Waals surface area contributed by atoms with Gasteiger partial charge in [-0.2, -0.15) is 0 Å². The van der Waals surface area contributed by atoms with Crippen molar-refractivity contribution in [1.29, 1.82) is 0 Å². The third kappa shape index (κ3) is 3.45. The molecule has 0 aromatic heterocycles. The SMILES string of the molecule is COC(=O)[C@@]1(C)[C@@H]2CC[C@]3(C)[C@H](CC=C4[C@@H]5CC(C)(C)C[C@@H](O)[C@]5(C(=O)OC)CC[C@]43CO)[C@]2(C)C[C@H](O)[C@@H]1O. The van der Waals surface area contributed by atoms with E-state index in [0.717, 1.165) is 18.4 Å². The van der Waals surface area contributed by atoms with Crippen LogP contribution < -0.4 is 0 Å². The van der Waals surface area contributed by atoms with Crippen LogP contribution in [0.5, 0.6) is 0 Å². The molecule has 0 aliphatic heterocycles. The van der Waals surface area contributed by atoms with Gasteiger partial charge in [-0.3, -0.25) is 9.59 Å². The van der Waals surface area contributed by atoms with E-state index in [0.29, 0.717) is 38.5 Å². The number of hydrogen-bond donors (Lipinski definition) is 4. The first-order valence-electron chi connectivity index (χ1n) is 15.1. The van der Waals surface area contributed by atoms with Crippen LogP contribution in [0.1, 0.15) is 86.0 Å². The summed E-state index contributed by atoms with van der Waals surface area (Å²) in [6.07, 6.45) is 3.73. The molecular weight excluding hydrogens is 512 g/mol. The van der Waals surface area contributed by atoms with Gasteiger partial charge in [0.1, 0.15) is 5.41 Å². The third-order valence-corrected chi connectivity index (χ3v) is 13.4. The monoisotopic (exact) mass is 562 g/mol. The highest BCUT2D eigenvalue weighted by Gasteiger charge is 2.73. The Balaban J connectivity index is 1.66. The maximum absolute atomic E-state index is 13.5. The molecule has 0 radical (unpaired) electrons. The van der Waals surface area contributed by atoms with Crippen molar-refractivity contribution in [2.45, 2.75) is 104 Å². The summed E-state index contributed by atoms with van der Waals surface area (Å²) in [5, 5.41) is 45.2. The van der Waals surface area contributed by atoms with E-state index in [1.54, 1.807) is 6.92 Å². The lowest BCUT2D eigenvalue weighted by atomic mass is 9.33. The summed E-state index contributed by atoms with van der Waals surface area (Å²) in [5.74, 6) is -1.30. The summed E-state index contributed by atoms with van der Waals surface area (Å²) in [4.78, 5) is 26.7. The molecule has 40 heavy (non-hydrogen) atoms. The predicted octanol–water partition coefficient (Wildman–Crippen LogP) is 3.39. The van der Waals surface area contributed by atoms with E-state index in [4.69, 9.17) is 9.47 Å². The van der Waals surface area contributed by atoms with Gasteiger partial charge in [-0.15, -0.1) is 0 Å². The standard InChI is InChI=1S/C32H50O8/c1-27(2)14-19-18-8-9-21-28(3)15-20(34)24(36)30(5,25(37)39-6)22(28)10-11-29(21,4)31(18,17-33)12-13-32(19,23(35)16-27)26(38)40-7/h8,19-24,33-36H,9-17H2,1-7H3/t19-,20-,21+,22+,23+,24-,28-,29+,30-,31-,32-/m0/s1. The highest BCUT2D eigenvalue weighted by Crippen LogP contribution is 2.76. The topological polar surface area (TPSA) is 134 Å². The van der Waals surface area contributed by atoms with Crippen LogP contribution in [0.3, 0.4) is 0 Å². The highest BCUT2D eigenvalue weighted by atomic mass is 16.5. The fourth-order valence-electron chi connectivity index (χ4n) is 11.4. The lowest BCUT2D eigenvalue weighted by molar-refractivity contribution is -0.247. The number of hydrogen-bond acceptors (Lipinski definition) is 8. The number of carbonyl (C=O) groups excluding carboxylic acids is 2. The van der Waals surface area contributed by atoms with Gasteiger partial charge in [0.05, 0.1) is 44.6 Å². The zero-order valence-corrected chi connectivity index (χ0v) is 25.3. The van der Waals surface area contributed by atoms with E-state index in [1.807, 2.05) is 0 Å². The van der Waals surface area contributed by atoms with Crippen LogP contribution in [-0.2, 0) is 19.1 Å². The van der Waals surface area contributed by atoms with Gasteiger partial charge in [-0.25, -0.2) is 0 Å². The van der Waals surface area contributed by atoms with Crippen molar-refractivity contribution in [3.8, 4) is 0 Å². The Morgan fingerprint density at radius 2 is 1.55 bits per heavy atom. The van der Waals surface area contributed by atoms with Gasteiger partial charge in [-0.1, -0.05) is 39.3 Å². The Kier molecular flexibility index (Phi) is 6.94. The summed E-state index contributed by atoms with van der Waals surface area (Å²) in [5.41, 5.74) is -2.88. The first-order chi connectivity index (χ1) is 18.6. The Morgan fingerprint density at radius 1 is 0.900 bits per heavy atom. The predicted molar refractivity (Wildman–Crippen MR) is 148 cm³/mol. The van der Waals surface area contributed by atoms with Gasteiger partial charge in [-0.05, 0) is 92.3 Å². The molecule has 4 N–H and O–H groups in total. The van der Waals surface area contributed by atoms with Gasteiger partial charge >= 0.3 is 11.9 Å². The second-order valence-electron chi connectivity index (χ2n) is 15.4. The van der Waals surface area contributed by atoms with Crippen LogP contribution >= 0.6 is 0 Å². The van der Waals surface area contributed by atoms with E-state index >= 15 is 0 Å². The second kappa shape index (κ2) is 9.26. The summed E-state index contributed by atoms with van der Waals surface area (Å²) in [6.45, 7) is 10.3. The average molecular weight is 563 g/mol. The second-order valence-corrected chi connectivity index (χ2v) is 15.4. The fraction of sp³-hybridized carbons (Fsp3) is 0.875. The number of allylic oxidation sites excluding steroid dienone is 1. The van der Waals surface area contributed by atoms with E-state index < -0.39 is 45.9 Å². The Labute approximate surface area is 238 Å². The highest BCUT2D eigenvalue weighted by molar-refractivity contribution is 5.80. The summed E-state index contributed by atoms with van der Waals surface area (Å²) in [7, 11) is 2.72. The molecule has 8 heteroatoms. The number of esters is 2. The number of carbonyl (C=O) groups is 2. The van der Waals surface area contributed by atoms with Gasteiger partial charge in [0.15, 0.2) is 0 Å². The van der Waals surface area contributed by atoms with Crippen molar-refractivity contribution >= 4 is 11.9 Å². The zero-order valence-electron chi connectivity index (χ0n) is 25.3. The lowest BCUT2D eigenvalue weighted by Gasteiger charge is -2.71. The minimum atomic E-state index is -1.25. The molecule has 0 aromatic rings. The first-order valence-corrected chi connectivity index (χ1v) is 15.1. The zero-order chi connectivity index (χ0) is 29.7. The largest absolute Gasteiger partial charge is 0.469 e. The van der Waals surface area contributed by atoms with Gasteiger partial charge in [0.2, 0.25) is 0 Å². The third-order valence-electron chi connectivity index (χ3n) is 13.4. The number of aliphatic hydroxyl groups excluding tert-OH is 4. The Hall–Kier alpha value is -1.48. The van der Waals surface area contributed by atoms with Crippen LogP contribution in [0.4, 0.5) is 0 Å². The Morgan fingerprint density at radius 3 is 2.15 bits per heavy atom. The van der Waals surface area contributed by atoms with E-state index in [-0.39, 0.29) is 41.2 Å². The summed E-state index contributed by atoms with van der Waals surface area (Å²) in [6, 6.07) is 0. The molecule has 8 nitrogen and oxygen atoms in total. The quantitative estimate of drug-likeness (QED) is 0.304. The number of methoxy groups -OCH3 is 2. The van der Waals surface area contributed by atoms with E-state index in [2.05, 4.69) is 33.8 Å². The van der Waals surface area contributed by atoms with Crippen molar-refractivity contribution in [3.63, 3.8) is 0 Å². The molecule has 0 bridgehead atoms. The molecule has 4 saturated carbocycles. The molecule has 11 atom stereocenters. The fourth-order valence-corrected chi connectivity index (χ4v) is 11.4. The number of rotatable bonds is 3. The van der Waals surface area contributed by atoms with Crippen LogP contribution in [0, 0.1) is 50.2 Å². The molecular formula is C32H50O8. The molecule has 0 saturated heterocycles. The Bertz CT molecular complexity index is 1100. The molecule has 226 valence electrons. The minimum Gasteiger partial charge on any atom is -0.469 e. The lowest BCUT2D eigenvalue weighted by Crippen LogP contribution is -2.70. The van der Waals surface area contributed by atoms with Crippen molar-refractivity contribution in [1.82, 2.24) is 0 Å². The summed E-state index contributed by atoms with van der Waals surface area (Å²) >= 11 is 0. The smallest absolute Gasteiger partial charge is 0.315 e. The number of fused-ring (bicyclic) bond motifs is 7. The minimum absolute atomic E-state index is 0.0212. The molecule has 0 heterocycles. The normalized spacial score (nSPS) is 51.2. The summed E-state index contributed by atoms with van der Waals surface area (Å²) < 4.78 is 10.5. The van der Waals surface area contributed by atoms with Crippen molar-refractivity contribution in [2.24, 2.45) is 50.2 Å². The molecule has 5 rings (SSSR count). The number of aliphatic hydroxyl groups is 4. The average Bonchev–Trinajstić information content (AvgIpc) is 2.89. The molecule has 0 aromatic carbocycles. The van der Waals surface area contributed by atoms with Gasteiger partial charge in [0, 0.05) is 5.41 Å². The molecule has 5 aliphatic rings. The van der Waals surface area contributed by atoms with Crippen molar-refractivity contribution < 1.29 is 39.5 Å². The van der Waals surface area contributed by atoms with E-state index in [1.165, 1.54) is 14.2 Å². The van der Waals surface area contributed by atoms with Crippen LogP contribution in [0.2, 0.25) is 0 Å². The maximum atomic E-state index is 13.5. The van der Waals surface area contributed by atoms with Crippen LogP contribution in [0.25, 0.3) is 0 Å². The van der Waals surface area contributed by atoms with Gasteiger partial charge in [0.25, 0.3) is 0 Å². The molecule has 5 aliphatic carbocycles.